The molecular weight excluding hydrogens is 242 g/mol. The van der Waals surface area contributed by atoms with Crippen molar-refractivity contribution in [3.63, 3.8) is 0 Å². The van der Waals surface area contributed by atoms with E-state index in [1.54, 1.807) is 4.57 Å². The van der Waals surface area contributed by atoms with E-state index in [2.05, 4.69) is 4.98 Å². The van der Waals surface area contributed by atoms with Crippen LogP contribution in [0.4, 0.5) is 5.82 Å². The predicted octanol–water partition coefficient (Wildman–Crippen LogP) is 2.58. The zero-order valence-corrected chi connectivity index (χ0v) is 9.67. The van der Waals surface area contributed by atoms with E-state index in [0.717, 1.165) is 5.56 Å². The van der Waals surface area contributed by atoms with Gasteiger partial charge in [-0.25, -0.2) is 0 Å². The normalized spacial score (nSPS) is 10.4. The van der Waals surface area contributed by atoms with Crippen LogP contribution in [-0.4, -0.2) is 14.5 Å². The van der Waals surface area contributed by atoms with Crippen LogP contribution in [0, 0.1) is 10.1 Å². The number of nitro groups is 1. The Morgan fingerprint density at radius 3 is 2.65 bits per heavy atom. The van der Waals surface area contributed by atoms with Gasteiger partial charge in [-0.2, -0.15) is 0 Å². The van der Waals surface area contributed by atoms with Gasteiger partial charge >= 0.3 is 5.82 Å². The van der Waals surface area contributed by atoms with Crippen LogP contribution >= 0.6 is 11.6 Å². The fourth-order valence-corrected chi connectivity index (χ4v) is 1.88. The summed E-state index contributed by atoms with van der Waals surface area (Å²) in [4.78, 5) is 14.0. The first-order valence-electron chi connectivity index (χ1n) is 5.00. The molecule has 2 rings (SSSR count). The number of hydrogen-bond acceptors (Lipinski definition) is 3. The van der Waals surface area contributed by atoms with Crippen molar-refractivity contribution in [1.29, 1.82) is 0 Å². The molecule has 0 N–H and O–H groups in total. The summed E-state index contributed by atoms with van der Waals surface area (Å²) in [6.07, 6.45) is 1.45. The Morgan fingerprint density at radius 2 is 2.06 bits per heavy atom. The Morgan fingerprint density at radius 1 is 1.35 bits per heavy atom. The van der Waals surface area contributed by atoms with Gasteiger partial charge < -0.3 is 14.7 Å². The first-order valence-corrected chi connectivity index (χ1v) is 5.54. The Kier molecular flexibility index (Phi) is 3.39. The molecule has 2 aromatic rings. The van der Waals surface area contributed by atoms with Crippen LogP contribution in [0.3, 0.4) is 0 Å². The van der Waals surface area contributed by atoms with E-state index in [1.807, 2.05) is 30.3 Å². The predicted molar refractivity (Wildman–Crippen MR) is 64.0 cm³/mol. The minimum atomic E-state index is -0.515. The highest BCUT2D eigenvalue weighted by Gasteiger charge is 2.20. The second kappa shape index (κ2) is 4.97. The summed E-state index contributed by atoms with van der Waals surface area (Å²) in [5, 5.41) is 10.7. The molecule has 0 bridgehead atoms. The quantitative estimate of drug-likeness (QED) is 0.477. The van der Waals surface area contributed by atoms with Crippen molar-refractivity contribution in [2.75, 3.05) is 0 Å². The summed E-state index contributed by atoms with van der Waals surface area (Å²) in [5.41, 5.74) is 1.48. The van der Waals surface area contributed by atoms with Crippen LogP contribution in [0.25, 0.3) is 0 Å². The summed E-state index contributed by atoms with van der Waals surface area (Å²) >= 11 is 5.72. The van der Waals surface area contributed by atoms with E-state index in [9.17, 15) is 10.1 Å². The van der Waals surface area contributed by atoms with Gasteiger partial charge in [0, 0.05) is 0 Å². The van der Waals surface area contributed by atoms with E-state index < -0.39 is 4.92 Å². The monoisotopic (exact) mass is 251 g/mol. The molecule has 6 heteroatoms. The van der Waals surface area contributed by atoms with Gasteiger partial charge in [-0.15, -0.1) is 11.6 Å². The molecule has 0 aliphatic rings. The lowest BCUT2D eigenvalue weighted by Crippen LogP contribution is -2.03. The SMILES string of the molecule is O=[N+]([O-])c1ncn(Cc2ccccc2)c1CCl. The van der Waals surface area contributed by atoms with Crippen LogP contribution in [0.2, 0.25) is 0 Å². The first-order chi connectivity index (χ1) is 8.22. The number of nitrogens with zero attached hydrogens (tertiary/aromatic N) is 3. The molecule has 0 amide bonds. The molecule has 1 heterocycles. The van der Waals surface area contributed by atoms with Gasteiger partial charge in [-0.05, 0) is 15.5 Å². The van der Waals surface area contributed by atoms with E-state index in [-0.39, 0.29) is 11.7 Å². The Hall–Kier alpha value is -1.88. The zero-order valence-electron chi connectivity index (χ0n) is 8.91. The topological polar surface area (TPSA) is 61.0 Å². The molecule has 0 aliphatic carbocycles. The van der Waals surface area contributed by atoms with Crippen LogP contribution < -0.4 is 0 Å². The van der Waals surface area contributed by atoms with E-state index in [4.69, 9.17) is 11.6 Å². The zero-order chi connectivity index (χ0) is 12.3. The van der Waals surface area contributed by atoms with Crippen molar-refractivity contribution in [2.24, 2.45) is 0 Å². The van der Waals surface area contributed by atoms with Crippen LogP contribution in [0.5, 0.6) is 0 Å². The molecule has 1 aromatic carbocycles. The van der Waals surface area contributed by atoms with Crippen molar-refractivity contribution in [3.05, 3.63) is 58.0 Å². The van der Waals surface area contributed by atoms with Gasteiger partial charge in [0.2, 0.25) is 6.33 Å². The minimum Gasteiger partial charge on any atom is -0.358 e. The fraction of sp³-hybridized carbons (Fsp3) is 0.182. The summed E-state index contributed by atoms with van der Waals surface area (Å²) in [6, 6.07) is 9.65. The fourth-order valence-electron chi connectivity index (χ4n) is 1.60. The maximum Gasteiger partial charge on any atom is 0.386 e. The van der Waals surface area contributed by atoms with Crippen molar-refractivity contribution in [1.82, 2.24) is 9.55 Å². The maximum absolute atomic E-state index is 10.7. The van der Waals surface area contributed by atoms with Crippen molar-refractivity contribution in [3.8, 4) is 0 Å². The maximum atomic E-state index is 10.7. The third kappa shape index (κ3) is 2.45. The summed E-state index contributed by atoms with van der Waals surface area (Å²) in [7, 11) is 0. The van der Waals surface area contributed by atoms with Gasteiger partial charge in [0.25, 0.3) is 0 Å². The third-order valence-electron chi connectivity index (χ3n) is 2.42. The summed E-state index contributed by atoms with van der Waals surface area (Å²) < 4.78 is 1.69. The van der Waals surface area contributed by atoms with Gasteiger partial charge in [0.1, 0.15) is 5.69 Å². The van der Waals surface area contributed by atoms with Crippen LogP contribution in [-0.2, 0) is 12.4 Å². The second-order valence-electron chi connectivity index (χ2n) is 3.52. The van der Waals surface area contributed by atoms with E-state index >= 15 is 0 Å². The lowest BCUT2D eigenvalue weighted by molar-refractivity contribution is -0.390. The van der Waals surface area contributed by atoms with Crippen LogP contribution in [0.1, 0.15) is 11.3 Å². The molecule has 0 aliphatic heterocycles. The average Bonchev–Trinajstić information content (AvgIpc) is 2.73. The Labute approximate surface area is 103 Å². The van der Waals surface area contributed by atoms with Crippen molar-refractivity contribution >= 4 is 17.4 Å². The summed E-state index contributed by atoms with van der Waals surface area (Å²) in [6.45, 7) is 0.531. The van der Waals surface area contributed by atoms with E-state index in [0.29, 0.717) is 12.2 Å². The number of aromatic nitrogens is 2. The highest BCUT2D eigenvalue weighted by molar-refractivity contribution is 6.17. The highest BCUT2D eigenvalue weighted by atomic mass is 35.5. The molecule has 5 nitrogen and oxygen atoms in total. The number of hydrogen-bond donors (Lipinski definition) is 0. The lowest BCUT2D eigenvalue weighted by atomic mass is 10.2. The average molecular weight is 252 g/mol. The number of halogens is 1. The number of benzene rings is 1. The van der Waals surface area contributed by atoms with Crippen LogP contribution in [0.15, 0.2) is 36.7 Å². The van der Waals surface area contributed by atoms with Gasteiger partial charge in [0.15, 0.2) is 0 Å². The molecular formula is C11H10ClN3O2. The first kappa shape index (κ1) is 11.6. The summed E-state index contributed by atoms with van der Waals surface area (Å²) in [5.74, 6) is -0.0979. The van der Waals surface area contributed by atoms with Crippen molar-refractivity contribution < 1.29 is 4.92 Å². The minimum absolute atomic E-state index is 0.0726. The molecule has 0 atom stereocenters. The van der Waals surface area contributed by atoms with Gasteiger partial charge in [-0.3, -0.25) is 0 Å². The molecule has 0 fully saturated rings. The highest BCUT2D eigenvalue weighted by Crippen LogP contribution is 2.19. The molecule has 0 saturated carbocycles. The standard InChI is InChI=1S/C11H10ClN3O2/c12-6-10-11(15(16)17)13-8-14(10)7-9-4-2-1-3-5-9/h1-5,8H,6-7H2. The van der Waals surface area contributed by atoms with Gasteiger partial charge in [-0.1, -0.05) is 30.3 Å². The van der Waals surface area contributed by atoms with E-state index in [1.165, 1.54) is 6.33 Å². The molecule has 0 saturated heterocycles. The smallest absolute Gasteiger partial charge is 0.358 e. The lowest BCUT2D eigenvalue weighted by Gasteiger charge is -2.04. The molecule has 1 aromatic heterocycles. The molecule has 0 spiro atoms. The van der Waals surface area contributed by atoms with Crippen molar-refractivity contribution in [2.45, 2.75) is 12.4 Å². The largest absolute Gasteiger partial charge is 0.386 e. The van der Waals surface area contributed by atoms with Gasteiger partial charge in [0.05, 0.1) is 12.4 Å². The molecule has 88 valence electrons. The third-order valence-corrected chi connectivity index (χ3v) is 2.67. The number of rotatable bonds is 4. The Bertz CT molecular complexity index is 525. The molecule has 0 radical (unpaired) electrons. The Balaban J connectivity index is 2.31. The number of imidazole rings is 1. The second-order valence-corrected chi connectivity index (χ2v) is 3.79. The molecule has 0 unspecified atom stereocenters. The molecule has 17 heavy (non-hydrogen) atoms. The number of alkyl halides is 1.